The van der Waals surface area contributed by atoms with Crippen LogP contribution in [0.1, 0.15) is 64.1 Å². The maximum atomic E-state index is 9.73. The highest BCUT2D eigenvalue weighted by Gasteiger charge is 2.52. The Kier molecular flexibility index (Phi) is 12.0. The van der Waals surface area contributed by atoms with Crippen molar-refractivity contribution in [3.63, 3.8) is 0 Å². The fourth-order valence-corrected chi connectivity index (χ4v) is 12.8. The summed E-state index contributed by atoms with van der Waals surface area (Å²) in [5, 5.41) is 25.7. The van der Waals surface area contributed by atoms with Gasteiger partial charge in [0, 0.05) is 60.2 Å². The number of hydrogen-bond acceptors (Lipinski definition) is 8. The van der Waals surface area contributed by atoms with Crippen molar-refractivity contribution < 1.29 is 9.31 Å². The number of nitrogens with zero attached hydrogens (tertiary/aromatic N) is 8. The van der Waals surface area contributed by atoms with E-state index >= 15 is 0 Å². The van der Waals surface area contributed by atoms with Crippen LogP contribution in [0.3, 0.4) is 0 Å². The van der Waals surface area contributed by atoms with Gasteiger partial charge in [0.05, 0.1) is 44.3 Å². The van der Waals surface area contributed by atoms with E-state index < -0.39 is 18.3 Å². The first-order valence-corrected chi connectivity index (χ1v) is 29.0. The lowest BCUT2D eigenvalue weighted by Gasteiger charge is -2.32. The zero-order valence-corrected chi connectivity index (χ0v) is 48.3. The number of benzene rings is 10. The van der Waals surface area contributed by atoms with Crippen molar-refractivity contribution in [2.75, 3.05) is 0 Å². The van der Waals surface area contributed by atoms with Crippen LogP contribution >= 0.6 is 0 Å². The predicted octanol–water partition coefficient (Wildman–Crippen LogP) is 16.8. The molecule has 0 N–H and O–H groups in total. The van der Waals surface area contributed by atoms with E-state index in [0.717, 1.165) is 82.6 Å². The van der Waals surface area contributed by atoms with E-state index in [1.54, 1.807) is 0 Å². The third kappa shape index (κ3) is 8.38. The molecule has 11 heteroatoms. The number of aromatic nitrogens is 6. The van der Waals surface area contributed by atoms with Gasteiger partial charge < -0.3 is 18.4 Å². The molecule has 0 bridgehead atoms. The van der Waals surface area contributed by atoms with Gasteiger partial charge in [0.25, 0.3) is 0 Å². The fraction of sp³-hybridized carbons (Fsp3) is 0.120. The van der Waals surface area contributed by atoms with E-state index in [9.17, 15) is 10.5 Å². The molecule has 0 radical (unpaired) electrons. The summed E-state index contributed by atoms with van der Waals surface area (Å²) in [4.78, 5) is 18.6. The smallest absolute Gasteiger partial charge is 0.399 e. The van der Waals surface area contributed by atoms with E-state index in [1.165, 1.54) is 44.2 Å². The number of para-hydroxylation sites is 4. The maximum Gasteiger partial charge on any atom is 0.494 e. The second-order valence-corrected chi connectivity index (χ2v) is 23.9. The lowest BCUT2D eigenvalue weighted by molar-refractivity contribution is 0.00578. The molecule has 1 fully saturated rings. The molecule has 10 nitrogen and oxygen atoms in total. The Morgan fingerprint density at radius 2 is 0.791 bits per heavy atom. The number of fused-ring (bicyclic) bond motifs is 11. The molecule has 0 unspecified atom stereocenters. The highest BCUT2D eigenvalue weighted by Crippen LogP contribution is 2.50. The van der Waals surface area contributed by atoms with Gasteiger partial charge in [-0.2, -0.15) is 10.5 Å². The molecule has 0 saturated carbocycles. The molecule has 1 saturated heterocycles. The molecular formula is C75H55BN8O2. The van der Waals surface area contributed by atoms with Crippen molar-refractivity contribution in [1.29, 1.82) is 10.5 Å². The summed E-state index contributed by atoms with van der Waals surface area (Å²) < 4.78 is 17.3. The second kappa shape index (κ2) is 19.8. The van der Waals surface area contributed by atoms with Gasteiger partial charge in [0.15, 0.2) is 23.0 Å². The molecule has 2 aliphatic rings. The summed E-state index contributed by atoms with van der Waals surface area (Å²) in [6.07, 6.45) is 0. The van der Waals surface area contributed by atoms with Crippen molar-refractivity contribution >= 4 is 78.0 Å². The van der Waals surface area contributed by atoms with Crippen LogP contribution in [0, 0.1) is 22.7 Å². The molecule has 0 atom stereocenters. The van der Waals surface area contributed by atoms with Crippen molar-refractivity contribution in [3.05, 3.63) is 247 Å². The molecule has 10 aromatic carbocycles. The first-order valence-electron chi connectivity index (χ1n) is 29.0. The van der Waals surface area contributed by atoms with Crippen LogP contribution in [0.15, 0.2) is 224 Å². The van der Waals surface area contributed by atoms with Crippen molar-refractivity contribution in [2.24, 2.45) is 0 Å². The standard InChI is InChI=1S/C42H28N4.C33H27BN4O2/c1-42(2)35-12-6-3-9-30(35)31-21-17-28(24-36(31)42)27-18-22-40-34(23-27)32-10-5-8-14-39(32)46(40)29-19-15-26(16-20-29)41-44-37-13-7-4-11-33(37)38(25-43)45-41;1-32(2)33(3,4)40-34(39-32)22-15-18-30-26(19-22)24-9-6-8-12-29(24)38(30)23-16-13-21(14-17-23)31-36-27-11-7-5-10-25(27)28(20-35)37-31/h3-24H,1-2H3;5-19H,1-4H3. The first-order chi connectivity index (χ1) is 41.8. The molecule has 0 spiro atoms. The van der Waals surface area contributed by atoms with Crippen LogP contribution in [0.4, 0.5) is 0 Å². The second-order valence-electron chi connectivity index (χ2n) is 23.9. The number of nitriles is 2. The van der Waals surface area contributed by atoms with Gasteiger partial charge in [-0.1, -0.05) is 129 Å². The molecule has 4 aromatic heterocycles. The van der Waals surface area contributed by atoms with Crippen LogP contribution < -0.4 is 5.46 Å². The zero-order valence-electron chi connectivity index (χ0n) is 48.3. The average molecular weight is 1110 g/mol. The number of hydrogen-bond donors (Lipinski definition) is 0. The van der Waals surface area contributed by atoms with Gasteiger partial charge in [0.1, 0.15) is 12.1 Å². The minimum Gasteiger partial charge on any atom is -0.399 e. The minimum absolute atomic E-state index is 0.0394. The zero-order chi connectivity index (χ0) is 58.6. The molecule has 410 valence electrons. The van der Waals surface area contributed by atoms with Gasteiger partial charge in [0.2, 0.25) is 0 Å². The molecule has 86 heavy (non-hydrogen) atoms. The van der Waals surface area contributed by atoms with Crippen molar-refractivity contribution in [1.82, 2.24) is 29.1 Å². The van der Waals surface area contributed by atoms with Gasteiger partial charge in [-0.25, -0.2) is 19.9 Å². The summed E-state index contributed by atoms with van der Waals surface area (Å²) in [7, 11) is -0.420. The summed E-state index contributed by atoms with van der Waals surface area (Å²) >= 11 is 0. The molecule has 14 aromatic rings. The highest BCUT2D eigenvalue weighted by molar-refractivity contribution is 6.62. The Morgan fingerprint density at radius 3 is 1.34 bits per heavy atom. The minimum atomic E-state index is -0.420. The van der Waals surface area contributed by atoms with Crippen LogP contribution in [0.25, 0.3) is 122 Å². The highest BCUT2D eigenvalue weighted by atomic mass is 16.7. The Balaban J connectivity index is 0.000000147. The van der Waals surface area contributed by atoms with E-state index in [1.807, 2.05) is 72.8 Å². The Labute approximate surface area is 498 Å². The third-order valence-corrected chi connectivity index (χ3v) is 18.0. The van der Waals surface area contributed by atoms with Gasteiger partial charge >= 0.3 is 7.12 Å². The maximum absolute atomic E-state index is 9.73. The number of rotatable bonds is 6. The van der Waals surface area contributed by atoms with E-state index in [0.29, 0.717) is 23.0 Å². The van der Waals surface area contributed by atoms with Gasteiger partial charge in [-0.3, -0.25) is 0 Å². The quantitative estimate of drug-likeness (QED) is 0.151. The molecule has 1 aliphatic heterocycles. The Bertz CT molecular complexity index is 5180. The van der Waals surface area contributed by atoms with Gasteiger partial charge in [-0.05, 0) is 176 Å². The SMILES string of the molecule is CC1(C)OB(c2ccc3c(c2)c2ccccc2n3-c2ccc(-c3nc(C#N)c4ccccc4n3)cc2)OC1(C)C.CC1(C)c2ccccc2-c2ccc(-c3ccc4c(c3)c3ccccc3n4-c3ccc(-c4nc(C#N)c5ccccc5n4)cc3)cc21. The monoisotopic (exact) mass is 1110 g/mol. The molecule has 5 heterocycles. The van der Waals surface area contributed by atoms with E-state index in [4.69, 9.17) is 19.3 Å². The van der Waals surface area contributed by atoms with Crippen LogP contribution in [-0.2, 0) is 14.7 Å². The lowest BCUT2D eigenvalue weighted by atomic mass is 9.78. The summed E-state index contributed by atoms with van der Waals surface area (Å²) in [6.45, 7) is 13.0. The topological polar surface area (TPSA) is 127 Å². The molecule has 16 rings (SSSR count). The molecular weight excluding hydrogens is 1060 g/mol. The fourth-order valence-electron chi connectivity index (χ4n) is 12.8. The Hall–Kier alpha value is -10.6. The van der Waals surface area contributed by atoms with Crippen LogP contribution in [0.5, 0.6) is 0 Å². The van der Waals surface area contributed by atoms with E-state index in [2.05, 4.69) is 224 Å². The average Bonchev–Trinajstić information content (AvgIpc) is 1.69. The normalized spacial score (nSPS) is 14.5. The van der Waals surface area contributed by atoms with Crippen LogP contribution in [-0.4, -0.2) is 47.4 Å². The third-order valence-electron chi connectivity index (χ3n) is 18.0. The van der Waals surface area contributed by atoms with Crippen molar-refractivity contribution in [3.8, 4) is 68.5 Å². The summed E-state index contributed by atoms with van der Waals surface area (Å²) in [6, 6.07) is 82.2. The lowest BCUT2D eigenvalue weighted by Crippen LogP contribution is -2.41. The first kappa shape index (κ1) is 52.3. The van der Waals surface area contributed by atoms with Crippen molar-refractivity contribution in [2.45, 2.75) is 58.2 Å². The Morgan fingerprint density at radius 1 is 0.372 bits per heavy atom. The molecule has 1 aliphatic carbocycles. The van der Waals surface area contributed by atoms with E-state index in [-0.39, 0.29) is 5.41 Å². The van der Waals surface area contributed by atoms with Crippen LogP contribution in [0.2, 0.25) is 0 Å². The summed E-state index contributed by atoms with van der Waals surface area (Å²) in [5.41, 5.74) is 18.7. The molecule has 0 amide bonds. The predicted molar refractivity (Wildman–Crippen MR) is 347 cm³/mol. The summed E-state index contributed by atoms with van der Waals surface area (Å²) in [5.74, 6) is 1.09. The largest absolute Gasteiger partial charge is 0.494 e. The van der Waals surface area contributed by atoms with Gasteiger partial charge in [-0.15, -0.1) is 0 Å².